The van der Waals surface area contributed by atoms with Gasteiger partial charge in [-0.15, -0.1) is 0 Å². The summed E-state index contributed by atoms with van der Waals surface area (Å²) in [5.74, 6) is 0.117. The highest BCUT2D eigenvalue weighted by Gasteiger charge is 2.04. The van der Waals surface area contributed by atoms with Gasteiger partial charge in [0.2, 0.25) is 5.91 Å². The molecule has 0 aliphatic carbocycles. The molecule has 0 aliphatic heterocycles. The lowest BCUT2D eigenvalue weighted by Crippen LogP contribution is -2.33. The Hall–Kier alpha value is -0.870. The van der Waals surface area contributed by atoms with Crippen molar-refractivity contribution in [1.29, 1.82) is 0 Å². The summed E-state index contributed by atoms with van der Waals surface area (Å²) in [4.78, 5) is 11.5. The number of hydrogen-bond donors (Lipinski definition) is 2. The number of halogens is 1. The van der Waals surface area contributed by atoms with E-state index in [1.54, 1.807) is 0 Å². The summed E-state index contributed by atoms with van der Waals surface area (Å²) < 4.78 is 1.08. The van der Waals surface area contributed by atoms with Crippen LogP contribution in [0.25, 0.3) is 0 Å². The zero-order valence-corrected chi connectivity index (χ0v) is 12.6. The molecule has 100 valence electrons. The number of carbonyl (C=O) groups is 1. The van der Waals surface area contributed by atoms with Crippen LogP contribution in [-0.2, 0) is 11.3 Å². The van der Waals surface area contributed by atoms with Crippen LogP contribution < -0.4 is 10.6 Å². The van der Waals surface area contributed by atoms with Gasteiger partial charge < -0.3 is 10.6 Å². The van der Waals surface area contributed by atoms with E-state index in [0.29, 0.717) is 13.0 Å². The zero-order chi connectivity index (χ0) is 13.4. The van der Waals surface area contributed by atoms with E-state index < -0.39 is 0 Å². The fourth-order valence-electron chi connectivity index (χ4n) is 1.53. The van der Waals surface area contributed by atoms with E-state index in [4.69, 9.17) is 0 Å². The van der Waals surface area contributed by atoms with Crippen molar-refractivity contribution in [2.45, 2.75) is 39.3 Å². The highest BCUT2D eigenvalue weighted by atomic mass is 79.9. The molecule has 1 aromatic carbocycles. The second-order valence-corrected chi connectivity index (χ2v) is 5.35. The number of rotatable bonds is 7. The van der Waals surface area contributed by atoms with E-state index in [1.165, 1.54) is 5.56 Å². The predicted molar refractivity (Wildman–Crippen MR) is 78.4 cm³/mol. The average molecular weight is 313 g/mol. The van der Waals surface area contributed by atoms with Gasteiger partial charge in [-0.05, 0) is 31.0 Å². The molecule has 0 bridgehead atoms. The van der Waals surface area contributed by atoms with Gasteiger partial charge in [-0.25, -0.2) is 0 Å². The minimum Gasteiger partial charge on any atom is -0.354 e. The highest BCUT2D eigenvalue weighted by molar-refractivity contribution is 9.10. The molecule has 0 saturated heterocycles. The molecular weight excluding hydrogens is 292 g/mol. The Morgan fingerprint density at radius 1 is 1.44 bits per heavy atom. The molecule has 2 N–H and O–H groups in total. The lowest BCUT2D eigenvalue weighted by atomic mass is 10.2. The van der Waals surface area contributed by atoms with Gasteiger partial charge in [-0.3, -0.25) is 4.79 Å². The maximum Gasteiger partial charge on any atom is 0.221 e. The molecular formula is C14H21BrN2O. The quantitative estimate of drug-likeness (QED) is 0.760. The van der Waals surface area contributed by atoms with E-state index in [0.717, 1.165) is 17.4 Å². The van der Waals surface area contributed by atoms with Gasteiger partial charge in [0.25, 0.3) is 0 Å². The Kier molecular flexibility index (Phi) is 6.98. The van der Waals surface area contributed by atoms with Crippen LogP contribution in [0.5, 0.6) is 0 Å². The van der Waals surface area contributed by atoms with Crippen molar-refractivity contribution < 1.29 is 4.79 Å². The summed E-state index contributed by atoms with van der Waals surface area (Å²) in [5.41, 5.74) is 1.21. The van der Waals surface area contributed by atoms with Gasteiger partial charge >= 0.3 is 0 Å². The molecule has 1 aromatic rings. The molecule has 0 spiro atoms. The number of benzene rings is 1. The maximum absolute atomic E-state index is 11.5. The average Bonchev–Trinajstić information content (AvgIpc) is 2.34. The molecule has 1 unspecified atom stereocenters. The Labute approximate surface area is 117 Å². The fraction of sp³-hybridized carbons (Fsp3) is 0.500. The Morgan fingerprint density at radius 2 is 2.22 bits per heavy atom. The van der Waals surface area contributed by atoms with Crippen LogP contribution in [-0.4, -0.2) is 18.5 Å². The third-order valence-corrected chi connectivity index (χ3v) is 3.26. The van der Waals surface area contributed by atoms with E-state index in [2.05, 4.69) is 45.6 Å². The lowest BCUT2D eigenvalue weighted by molar-refractivity contribution is -0.121. The first kappa shape index (κ1) is 15.2. The third-order valence-electron chi connectivity index (χ3n) is 2.77. The molecule has 1 amide bonds. The number of carbonyl (C=O) groups excluding carboxylic acids is 1. The molecule has 0 radical (unpaired) electrons. The van der Waals surface area contributed by atoms with E-state index in [-0.39, 0.29) is 11.9 Å². The molecule has 18 heavy (non-hydrogen) atoms. The normalized spacial score (nSPS) is 12.2. The van der Waals surface area contributed by atoms with Gasteiger partial charge in [-0.1, -0.05) is 35.0 Å². The Balaban J connectivity index is 2.17. The van der Waals surface area contributed by atoms with Gasteiger partial charge in [0.05, 0.1) is 0 Å². The standard InChI is InChI=1S/C14H21BrN2O/c1-3-11(2)17-14(18)7-8-16-10-12-5-4-6-13(15)9-12/h4-6,9,11,16H,3,7-8,10H2,1-2H3,(H,17,18). The van der Waals surface area contributed by atoms with E-state index in [1.807, 2.05) is 19.1 Å². The number of nitrogens with one attached hydrogen (secondary N) is 2. The van der Waals surface area contributed by atoms with Gasteiger partial charge in [-0.2, -0.15) is 0 Å². The van der Waals surface area contributed by atoms with Gasteiger partial charge in [0.15, 0.2) is 0 Å². The SMILES string of the molecule is CCC(C)NC(=O)CCNCc1cccc(Br)c1. The second-order valence-electron chi connectivity index (χ2n) is 4.43. The topological polar surface area (TPSA) is 41.1 Å². The monoisotopic (exact) mass is 312 g/mol. The first-order valence-corrected chi connectivity index (χ1v) is 7.15. The van der Waals surface area contributed by atoms with Crippen LogP contribution in [0.1, 0.15) is 32.3 Å². The largest absolute Gasteiger partial charge is 0.354 e. The fourth-order valence-corrected chi connectivity index (χ4v) is 1.98. The van der Waals surface area contributed by atoms with Crippen molar-refractivity contribution in [3.8, 4) is 0 Å². The van der Waals surface area contributed by atoms with E-state index >= 15 is 0 Å². The molecule has 1 atom stereocenters. The van der Waals surface area contributed by atoms with Crippen molar-refractivity contribution in [3.63, 3.8) is 0 Å². The van der Waals surface area contributed by atoms with Gasteiger partial charge in [0.1, 0.15) is 0 Å². The summed E-state index contributed by atoms with van der Waals surface area (Å²) in [7, 11) is 0. The van der Waals surface area contributed by atoms with Crippen LogP contribution in [0.15, 0.2) is 28.7 Å². The molecule has 3 nitrogen and oxygen atoms in total. The number of amides is 1. The van der Waals surface area contributed by atoms with Crippen LogP contribution >= 0.6 is 15.9 Å². The minimum atomic E-state index is 0.117. The smallest absolute Gasteiger partial charge is 0.221 e. The molecule has 0 heterocycles. The second kappa shape index (κ2) is 8.27. The van der Waals surface area contributed by atoms with Gasteiger partial charge in [0, 0.05) is 30.0 Å². The summed E-state index contributed by atoms with van der Waals surface area (Å²) >= 11 is 3.44. The minimum absolute atomic E-state index is 0.117. The summed E-state index contributed by atoms with van der Waals surface area (Å²) in [6.45, 7) is 5.58. The van der Waals surface area contributed by atoms with Crippen molar-refractivity contribution in [2.75, 3.05) is 6.54 Å². The van der Waals surface area contributed by atoms with Crippen LogP contribution in [0.2, 0.25) is 0 Å². The Morgan fingerprint density at radius 3 is 2.89 bits per heavy atom. The van der Waals surface area contributed by atoms with Crippen molar-refractivity contribution in [2.24, 2.45) is 0 Å². The molecule has 0 fully saturated rings. The Bertz CT molecular complexity index is 382. The summed E-state index contributed by atoms with van der Waals surface area (Å²) in [6, 6.07) is 8.42. The molecule has 1 rings (SSSR count). The lowest BCUT2D eigenvalue weighted by Gasteiger charge is -2.11. The highest BCUT2D eigenvalue weighted by Crippen LogP contribution is 2.11. The third kappa shape index (κ3) is 6.17. The first-order chi connectivity index (χ1) is 8.61. The van der Waals surface area contributed by atoms with Crippen molar-refractivity contribution >= 4 is 21.8 Å². The molecule has 0 aliphatic rings. The summed E-state index contributed by atoms with van der Waals surface area (Å²) in [6.07, 6.45) is 1.50. The zero-order valence-electron chi connectivity index (χ0n) is 11.0. The first-order valence-electron chi connectivity index (χ1n) is 6.36. The van der Waals surface area contributed by atoms with Crippen LogP contribution in [0, 0.1) is 0 Å². The number of hydrogen-bond acceptors (Lipinski definition) is 2. The molecule has 0 aromatic heterocycles. The molecule has 0 saturated carbocycles. The van der Waals surface area contributed by atoms with Crippen molar-refractivity contribution in [1.82, 2.24) is 10.6 Å². The van der Waals surface area contributed by atoms with Crippen LogP contribution in [0.4, 0.5) is 0 Å². The van der Waals surface area contributed by atoms with Crippen LogP contribution in [0.3, 0.4) is 0 Å². The maximum atomic E-state index is 11.5. The van der Waals surface area contributed by atoms with Crippen molar-refractivity contribution in [3.05, 3.63) is 34.3 Å². The molecule has 4 heteroatoms. The van der Waals surface area contributed by atoms with E-state index in [9.17, 15) is 4.79 Å². The summed E-state index contributed by atoms with van der Waals surface area (Å²) in [5, 5.41) is 6.22. The predicted octanol–water partition coefficient (Wildman–Crippen LogP) is 2.84.